The molecule has 4 nitrogen and oxygen atoms in total. The predicted molar refractivity (Wildman–Crippen MR) is 109 cm³/mol. The van der Waals surface area contributed by atoms with Crippen LogP contribution in [0.1, 0.15) is 99.8 Å². The number of aromatic carboxylic acids is 1. The van der Waals surface area contributed by atoms with Crippen molar-refractivity contribution >= 4 is 11.9 Å². The molecule has 0 aromatic heterocycles. The number of carboxylic acid groups (broad SMARTS) is 1. The minimum Gasteiger partial charge on any atom is -0.478 e. The maximum absolute atomic E-state index is 12.6. The molecule has 1 aromatic carbocycles. The second kappa shape index (κ2) is 12.5. The van der Waals surface area contributed by atoms with Crippen molar-refractivity contribution in [2.75, 3.05) is 0 Å². The molecule has 27 heavy (non-hydrogen) atoms. The first-order valence-electron chi connectivity index (χ1n) is 10.4. The lowest BCUT2D eigenvalue weighted by molar-refractivity contribution is 0.00588. The van der Waals surface area contributed by atoms with Gasteiger partial charge in [-0.3, -0.25) is 0 Å². The molecule has 0 saturated carbocycles. The summed E-state index contributed by atoms with van der Waals surface area (Å²) in [5, 5.41) is 9.00. The summed E-state index contributed by atoms with van der Waals surface area (Å²) in [6.07, 6.45) is 8.65. The molecule has 1 aromatic rings. The van der Waals surface area contributed by atoms with E-state index < -0.39 is 5.97 Å². The largest absolute Gasteiger partial charge is 0.478 e. The Kier molecular flexibility index (Phi) is 10.8. The van der Waals surface area contributed by atoms with Gasteiger partial charge >= 0.3 is 11.9 Å². The van der Waals surface area contributed by atoms with E-state index in [9.17, 15) is 9.59 Å². The molecule has 0 aliphatic rings. The number of esters is 1. The van der Waals surface area contributed by atoms with Crippen molar-refractivity contribution in [3.05, 3.63) is 35.4 Å². The number of hydrogen-bond donors (Lipinski definition) is 1. The van der Waals surface area contributed by atoms with Crippen LogP contribution in [-0.4, -0.2) is 23.1 Å². The van der Waals surface area contributed by atoms with Gasteiger partial charge in [0.05, 0.1) is 11.1 Å². The summed E-state index contributed by atoms with van der Waals surface area (Å²) in [4.78, 5) is 23.6. The summed E-state index contributed by atoms with van der Waals surface area (Å²) >= 11 is 0. The number of rotatable bonds is 13. The molecule has 0 heterocycles. The van der Waals surface area contributed by atoms with Crippen molar-refractivity contribution in [3.8, 4) is 0 Å². The molecule has 0 radical (unpaired) electrons. The van der Waals surface area contributed by atoms with Gasteiger partial charge in [-0.2, -0.15) is 0 Å². The molecule has 0 bridgehead atoms. The fraction of sp³-hybridized carbons (Fsp3) is 0.652. The third-order valence-electron chi connectivity index (χ3n) is 5.02. The molecule has 0 aliphatic carbocycles. The Morgan fingerprint density at radius 2 is 1.52 bits per heavy atom. The minimum absolute atomic E-state index is 0.0733. The molecular weight excluding hydrogens is 340 g/mol. The topological polar surface area (TPSA) is 63.6 Å². The first kappa shape index (κ1) is 23.2. The lowest BCUT2D eigenvalue weighted by Crippen LogP contribution is -2.28. The maximum Gasteiger partial charge on any atom is 0.338 e. The average Bonchev–Trinajstić information content (AvgIpc) is 2.64. The molecular formula is C23H36O4. The fourth-order valence-corrected chi connectivity index (χ4v) is 3.39. The highest BCUT2D eigenvalue weighted by Gasteiger charge is 2.25. The summed E-state index contributed by atoms with van der Waals surface area (Å²) in [6.45, 7) is 8.76. The van der Waals surface area contributed by atoms with Gasteiger partial charge in [0.1, 0.15) is 6.10 Å². The first-order valence-corrected chi connectivity index (χ1v) is 10.4. The Morgan fingerprint density at radius 3 is 2.04 bits per heavy atom. The van der Waals surface area contributed by atoms with Crippen LogP contribution >= 0.6 is 0 Å². The zero-order chi connectivity index (χ0) is 20.2. The van der Waals surface area contributed by atoms with E-state index in [1.165, 1.54) is 43.5 Å². The predicted octanol–water partition coefficient (Wildman–Crippen LogP) is 6.34. The third-order valence-corrected chi connectivity index (χ3v) is 5.02. The van der Waals surface area contributed by atoms with Crippen molar-refractivity contribution in [1.29, 1.82) is 0 Å². The molecule has 0 aliphatic heterocycles. The number of ether oxygens (including phenoxy) is 1. The van der Waals surface area contributed by atoms with Gasteiger partial charge in [-0.05, 0) is 61.8 Å². The van der Waals surface area contributed by atoms with Crippen LogP contribution in [0.4, 0.5) is 0 Å². The van der Waals surface area contributed by atoms with Crippen LogP contribution in [0.2, 0.25) is 0 Å². The van der Waals surface area contributed by atoms with E-state index in [0.717, 1.165) is 32.1 Å². The Morgan fingerprint density at radius 1 is 0.889 bits per heavy atom. The molecule has 4 heteroatoms. The first-order chi connectivity index (χ1) is 12.9. The summed E-state index contributed by atoms with van der Waals surface area (Å²) in [5.41, 5.74) is 0.588. The van der Waals surface area contributed by atoms with Crippen molar-refractivity contribution in [2.24, 2.45) is 11.8 Å². The van der Waals surface area contributed by atoms with Crippen LogP contribution in [0.25, 0.3) is 0 Å². The van der Waals surface area contributed by atoms with E-state index in [0.29, 0.717) is 17.4 Å². The summed E-state index contributed by atoms with van der Waals surface area (Å²) in [5.74, 6) is -0.387. The highest BCUT2D eigenvalue weighted by molar-refractivity contribution is 5.92. The smallest absolute Gasteiger partial charge is 0.338 e. The standard InChI is InChI=1S/C23H36O4/c1-5-7-8-10-18(9-6-2)21(16-11-17(3)4)27-23(26)20-14-12-19(13-15-20)22(24)25/h12-15,17-18,21H,5-11,16H2,1-4H3,(H,24,25). The molecule has 0 saturated heterocycles. The summed E-state index contributed by atoms with van der Waals surface area (Å²) < 4.78 is 5.95. The number of carbonyl (C=O) groups is 2. The van der Waals surface area contributed by atoms with E-state index in [4.69, 9.17) is 9.84 Å². The van der Waals surface area contributed by atoms with E-state index in [1.807, 2.05) is 0 Å². The maximum atomic E-state index is 12.6. The lowest BCUT2D eigenvalue weighted by Gasteiger charge is -2.28. The highest BCUT2D eigenvalue weighted by atomic mass is 16.5. The van der Waals surface area contributed by atoms with Crippen LogP contribution < -0.4 is 0 Å². The second-order valence-electron chi connectivity index (χ2n) is 7.84. The number of benzene rings is 1. The Hall–Kier alpha value is -1.84. The van der Waals surface area contributed by atoms with Gasteiger partial charge in [-0.1, -0.05) is 53.4 Å². The van der Waals surface area contributed by atoms with Crippen LogP contribution in [0, 0.1) is 11.8 Å². The third kappa shape index (κ3) is 8.59. The Bertz CT molecular complexity index is 562. The van der Waals surface area contributed by atoms with Gasteiger partial charge in [0.25, 0.3) is 0 Å². The number of unbranched alkanes of at least 4 members (excludes halogenated alkanes) is 2. The van der Waals surface area contributed by atoms with Crippen molar-refractivity contribution in [3.63, 3.8) is 0 Å². The van der Waals surface area contributed by atoms with Gasteiger partial charge in [-0.15, -0.1) is 0 Å². The molecule has 0 amide bonds. The monoisotopic (exact) mass is 376 g/mol. The Balaban J connectivity index is 2.86. The second-order valence-corrected chi connectivity index (χ2v) is 7.84. The SMILES string of the molecule is CCCCCC(CCC)C(CCC(C)C)OC(=O)c1ccc(C(=O)O)cc1. The van der Waals surface area contributed by atoms with Crippen LogP contribution in [0.5, 0.6) is 0 Å². The lowest BCUT2D eigenvalue weighted by atomic mass is 9.87. The number of carbonyl (C=O) groups excluding carboxylic acids is 1. The van der Waals surface area contributed by atoms with Crippen LogP contribution in [0.15, 0.2) is 24.3 Å². The Labute approximate surface area is 164 Å². The van der Waals surface area contributed by atoms with Gasteiger partial charge in [0, 0.05) is 0 Å². The van der Waals surface area contributed by atoms with Crippen LogP contribution in [-0.2, 0) is 4.74 Å². The van der Waals surface area contributed by atoms with E-state index in [-0.39, 0.29) is 17.6 Å². The molecule has 0 spiro atoms. The molecule has 0 fully saturated rings. The van der Waals surface area contributed by atoms with Crippen molar-refractivity contribution in [1.82, 2.24) is 0 Å². The summed E-state index contributed by atoms with van der Waals surface area (Å²) in [6, 6.07) is 5.98. The van der Waals surface area contributed by atoms with Crippen molar-refractivity contribution in [2.45, 2.75) is 85.2 Å². The fourth-order valence-electron chi connectivity index (χ4n) is 3.39. The molecule has 2 unspecified atom stereocenters. The van der Waals surface area contributed by atoms with E-state index >= 15 is 0 Å². The normalized spacial score (nSPS) is 13.4. The number of hydrogen-bond acceptors (Lipinski definition) is 3. The summed E-state index contributed by atoms with van der Waals surface area (Å²) in [7, 11) is 0. The minimum atomic E-state index is -0.997. The van der Waals surface area contributed by atoms with Gasteiger partial charge < -0.3 is 9.84 Å². The molecule has 152 valence electrons. The van der Waals surface area contributed by atoms with Gasteiger partial charge in [0.2, 0.25) is 0 Å². The average molecular weight is 377 g/mol. The quantitative estimate of drug-likeness (QED) is 0.322. The zero-order valence-corrected chi connectivity index (χ0v) is 17.4. The van der Waals surface area contributed by atoms with Crippen molar-refractivity contribution < 1.29 is 19.4 Å². The van der Waals surface area contributed by atoms with E-state index in [1.54, 1.807) is 0 Å². The molecule has 2 atom stereocenters. The molecule has 1 rings (SSSR count). The highest BCUT2D eigenvalue weighted by Crippen LogP contribution is 2.27. The zero-order valence-electron chi connectivity index (χ0n) is 17.4. The number of carboxylic acids is 1. The van der Waals surface area contributed by atoms with Crippen LogP contribution in [0.3, 0.4) is 0 Å². The van der Waals surface area contributed by atoms with Gasteiger partial charge in [-0.25, -0.2) is 9.59 Å². The van der Waals surface area contributed by atoms with Gasteiger partial charge in [0.15, 0.2) is 0 Å². The van der Waals surface area contributed by atoms with E-state index in [2.05, 4.69) is 27.7 Å². The molecule has 1 N–H and O–H groups in total.